The number of nitrogens with zero attached hydrogens (tertiary/aromatic N) is 1. The van der Waals surface area contributed by atoms with Crippen molar-refractivity contribution in [3.63, 3.8) is 0 Å². The highest BCUT2D eigenvalue weighted by molar-refractivity contribution is 8.18. The first kappa shape index (κ1) is 15.7. The van der Waals surface area contributed by atoms with Gasteiger partial charge in [0, 0.05) is 28.7 Å². The summed E-state index contributed by atoms with van der Waals surface area (Å²) < 4.78 is 2.25. The number of carbonyl (C=O) groups excluding carboxylic acids is 2. The minimum Gasteiger partial charge on any atom is -0.340 e. The highest BCUT2D eigenvalue weighted by Gasteiger charge is 2.26. The van der Waals surface area contributed by atoms with E-state index in [4.69, 9.17) is 0 Å². The minimum absolute atomic E-state index is 0.318. The Balaban J connectivity index is 1.86. The van der Waals surface area contributed by atoms with Crippen molar-refractivity contribution in [1.29, 1.82) is 0 Å². The Morgan fingerprint density at radius 1 is 1.04 bits per heavy atom. The molecule has 1 N–H and O–H groups in total. The monoisotopic (exact) mass is 348 g/mol. The van der Waals surface area contributed by atoms with Gasteiger partial charge in [-0.25, -0.2) is 0 Å². The SMILES string of the molecule is Cc1c(/C=C2\SC(=O)NC2=O)c2ccccc2n1Cc1ccccc1. The van der Waals surface area contributed by atoms with E-state index in [0.29, 0.717) is 4.91 Å². The molecular formula is C20H16N2O2S. The molecule has 1 aliphatic rings. The number of hydrogen-bond donors (Lipinski definition) is 1. The van der Waals surface area contributed by atoms with E-state index in [1.165, 1.54) is 5.56 Å². The van der Waals surface area contributed by atoms with Gasteiger partial charge in [-0.1, -0.05) is 48.5 Å². The number of amides is 2. The summed E-state index contributed by atoms with van der Waals surface area (Å²) in [4.78, 5) is 23.8. The highest BCUT2D eigenvalue weighted by Crippen LogP contribution is 2.32. The third-order valence-electron chi connectivity index (χ3n) is 4.38. The fourth-order valence-electron chi connectivity index (χ4n) is 3.16. The maximum absolute atomic E-state index is 11.9. The molecule has 0 aliphatic carbocycles. The van der Waals surface area contributed by atoms with Gasteiger partial charge in [-0.2, -0.15) is 0 Å². The zero-order valence-electron chi connectivity index (χ0n) is 13.7. The van der Waals surface area contributed by atoms with Crippen molar-refractivity contribution in [2.45, 2.75) is 13.5 Å². The summed E-state index contributed by atoms with van der Waals surface area (Å²) in [6.45, 7) is 2.81. The van der Waals surface area contributed by atoms with Gasteiger partial charge in [-0.3, -0.25) is 14.9 Å². The van der Waals surface area contributed by atoms with Gasteiger partial charge in [-0.05, 0) is 36.4 Å². The number of thioether (sulfide) groups is 1. The second-order valence-electron chi connectivity index (χ2n) is 5.94. The lowest BCUT2D eigenvalue weighted by atomic mass is 10.1. The number of nitrogens with one attached hydrogen (secondary N) is 1. The smallest absolute Gasteiger partial charge is 0.290 e. The van der Waals surface area contributed by atoms with Gasteiger partial charge in [0.2, 0.25) is 0 Å². The molecule has 2 heterocycles. The van der Waals surface area contributed by atoms with Crippen LogP contribution in [0.5, 0.6) is 0 Å². The van der Waals surface area contributed by atoms with Gasteiger partial charge < -0.3 is 4.57 Å². The van der Waals surface area contributed by atoms with E-state index in [-0.39, 0.29) is 11.1 Å². The molecule has 1 saturated heterocycles. The quantitative estimate of drug-likeness (QED) is 0.717. The van der Waals surface area contributed by atoms with Crippen molar-refractivity contribution in [3.8, 4) is 0 Å². The third kappa shape index (κ3) is 2.87. The summed E-state index contributed by atoms with van der Waals surface area (Å²) >= 11 is 0.951. The number of rotatable bonds is 3. The molecule has 1 aromatic heterocycles. The molecule has 1 fully saturated rings. The molecule has 0 spiro atoms. The summed E-state index contributed by atoms with van der Waals surface area (Å²) in [6, 6.07) is 18.4. The van der Waals surface area contributed by atoms with Gasteiger partial charge in [-0.15, -0.1) is 0 Å². The van der Waals surface area contributed by atoms with Crippen LogP contribution in [0.25, 0.3) is 17.0 Å². The van der Waals surface area contributed by atoms with Crippen LogP contribution in [0.1, 0.15) is 16.8 Å². The molecule has 3 aromatic rings. The van der Waals surface area contributed by atoms with Crippen LogP contribution in [-0.2, 0) is 11.3 Å². The molecule has 0 radical (unpaired) electrons. The molecular weight excluding hydrogens is 332 g/mol. The van der Waals surface area contributed by atoms with Crippen LogP contribution in [0, 0.1) is 6.92 Å². The normalized spacial score (nSPS) is 16.0. The molecule has 0 atom stereocenters. The number of carbonyl (C=O) groups is 2. The largest absolute Gasteiger partial charge is 0.340 e. The van der Waals surface area contributed by atoms with E-state index < -0.39 is 0 Å². The van der Waals surface area contributed by atoms with Crippen molar-refractivity contribution in [1.82, 2.24) is 9.88 Å². The van der Waals surface area contributed by atoms with E-state index in [9.17, 15) is 9.59 Å². The van der Waals surface area contributed by atoms with Crippen molar-refractivity contribution in [2.24, 2.45) is 0 Å². The zero-order chi connectivity index (χ0) is 17.4. The van der Waals surface area contributed by atoms with E-state index in [2.05, 4.69) is 41.1 Å². The standard InChI is InChI=1S/C20H16N2O2S/c1-13-16(11-18-19(23)21-20(24)25-18)15-9-5-6-10-17(15)22(13)12-14-7-3-2-4-8-14/h2-11H,12H2,1H3,(H,21,23,24)/b18-11-. The van der Waals surface area contributed by atoms with Crippen LogP contribution in [0.2, 0.25) is 0 Å². The Morgan fingerprint density at radius 2 is 1.76 bits per heavy atom. The number of benzene rings is 2. The van der Waals surface area contributed by atoms with E-state index in [1.54, 1.807) is 0 Å². The molecule has 2 amide bonds. The van der Waals surface area contributed by atoms with Crippen LogP contribution < -0.4 is 5.32 Å². The Bertz CT molecular complexity index is 1020. The Morgan fingerprint density at radius 3 is 2.48 bits per heavy atom. The lowest BCUT2D eigenvalue weighted by Gasteiger charge is -2.08. The summed E-state index contributed by atoms with van der Waals surface area (Å²) in [6.07, 6.45) is 1.82. The molecule has 0 bridgehead atoms. The van der Waals surface area contributed by atoms with E-state index >= 15 is 0 Å². The first-order chi connectivity index (χ1) is 12.1. The minimum atomic E-state index is -0.325. The van der Waals surface area contributed by atoms with E-state index in [0.717, 1.165) is 40.5 Å². The highest BCUT2D eigenvalue weighted by atomic mass is 32.2. The van der Waals surface area contributed by atoms with E-state index in [1.807, 2.05) is 36.4 Å². The molecule has 124 valence electrons. The molecule has 0 unspecified atom stereocenters. The molecule has 0 saturated carbocycles. The molecule has 1 aliphatic heterocycles. The predicted molar refractivity (Wildman–Crippen MR) is 101 cm³/mol. The first-order valence-electron chi connectivity index (χ1n) is 8.00. The summed E-state index contributed by atoms with van der Waals surface area (Å²) in [5.74, 6) is -0.325. The van der Waals surface area contributed by atoms with Crippen LogP contribution in [0.15, 0.2) is 59.5 Å². The second-order valence-corrected chi connectivity index (χ2v) is 6.95. The molecule has 2 aromatic carbocycles. The van der Waals surface area contributed by atoms with Gasteiger partial charge >= 0.3 is 0 Å². The number of aromatic nitrogens is 1. The van der Waals surface area contributed by atoms with Crippen molar-refractivity contribution in [3.05, 3.63) is 76.3 Å². The van der Waals surface area contributed by atoms with Crippen molar-refractivity contribution in [2.75, 3.05) is 0 Å². The fraction of sp³-hybridized carbons (Fsp3) is 0.100. The number of fused-ring (bicyclic) bond motifs is 1. The lowest BCUT2D eigenvalue weighted by molar-refractivity contribution is -0.115. The maximum Gasteiger partial charge on any atom is 0.290 e. The Kier molecular flexibility index (Phi) is 3.93. The zero-order valence-corrected chi connectivity index (χ0v) is 14.5. The third-order valence-corrected chi connectivity index (χ3v) is 5.19. The van der Waals surface area contributed by atoms with Gasteiger partial charge in [0.05, 0.1) is 4.91 Å². The topological polar surface area (TPSA) is 51.1 Å². The maximum atomic E-state index is 11.9. The molecule has 4 nitrogen and oxygen atoms in total. The average molecular weight is 348 g/mol. The fourth-order valence-corrected chi connectivity index (χ4v) is 3.83. The Labute approximate surface area is 149 Å². The number of imide groups is 1. The van der Waals surface area contributed by atoms with Crippen LogP contribution in [0.3, 0.4) is 0 Å². The lowest BCUT2D eigenvalue weighted by Crippen LogP contribution is -2.17. The van der Waals surface area contributed by atoms with Crippen molar-refractivity contribution < 1.29 is 9.59 Å². The summed E-state index contributed by atoms with van der Waals surface area (Å²) in [7, 11) is 0. The molecule has 5 heteroatoms. The van der Waals surface area contributed by atoms with Crippen LogP contribution in [0.4, 0.5) is 4.79 Å². The second kappa shape index (κ2) is 6.26. The van der Waals surface area contributed by atoms with Crippen LogP contribution in [-0.4, -0.2) is 15.7 Å². The van der Waals surface area contributed by atoms with Gasteiger partial charge in [0.25, 0.3) is 11.1 Å². The van der Waals surface area contributed by atoms with Crippen molar-refractivity contribution >= 4 is 39.9 Å². The number of hydrogen-bond acceptors (Lipinski definition) is 3. The molecule has 4 rings (SSSR count). The van der Waals surface area contributed by atoms with Gasteiger partial charge in [0.15, 0.2) is 0 Å². The predicted octanol–water partition coefficient (Wildman–Crippen LogP) is 4.32. The number of para-hydroxylation sites is 1. The average Bonchev–Trinajstić information content (AvgIpc) is 3.07. The molecule has 25 heavy (non-hydrogen) atoms. The summed E-state index contributed by atoms with van der Waals surface area (Å²) in [5, 5.41) is 3.07. The summed E-state index contributed by atoms with van der Waals surface area (Å²) in [5.41, 5.74) is 4.39. The van der Waals surface area contributed by atoms with Crippen LogP contribution >= 0.6 is 11.8 Å². The Hall–Kier alpha value is -2.79. The first-order valence-corrected chi connectivity index (χ1v) is 8.82. The van der Waals surface area contributed by atoms with Gasteiger partial charge in [0.1, 0.15) is 0 Å².